The van der Waals surface area contributed by atoms with Gasteiger partial charge in [0.15, 0.2) is 11.6 Å². The molecule has 0 N–H and O–H groups in total. The van der Waals surface area contributed by atoms with Crippen molar-refractivity contribution >= 4 is 15.9 Å². The quantitative estimate of drug-likeness (QED) is 0.870. The molecule has 0 fully saturated rings. The second-order valence-electron chi connectivity index (χ2n) is 3.70. The van der Waals surface area contributed by atoms with Crippen molar-refractivity contribution in [3.63, 3.8) is 0 Å². The summed E-state index contributed by atoms with van der Waals surface area (Å²) in [6, 6.07) is 3.39. The molecule has 90 valence electrons. The van der Waals surface area contributed by atoms with Crippen LogP contribution in [0.25, 0.3) is 5.82 Å². The summed E-state index contributed by atoms with van der Waals surface area (Å²) in [5.74, 6) is -0.121. The molecule has 2 aromatic rings. The maximum absolute atomic E-state index is 13.8. The van der Waals surface area contributed by atoms with E-state index >= 15 is 0 Å². The molecule has 0 aliphatic rings. The lowest BCUT2D eigenvalue weighted by Gasteiger charge is -2.05. The standard InChI is InChI=1S/C12H13BrFN3/c1-3-9-6-10(4-2)17(16-9)12-11(14)5-8(13)7-15-12/h5-7H,3-4H2,1-2H3. The van der Waals surface area contributed by atoms with Gasteiger partial charge in [-0.3, -0.25) is 0 Å². The molecule has 0 radical (unpaired) electrons. The van der Waals surface area contributed by atoms with Crippen molar-refractivity contribution in [1.82, 2.24) is 14.8 Å². The Morgan fingerprint density at radius 3 is 2.65 bits per heavy atom. The van der Waals surface area contributed by atoms with Crippen LogP contribution in [0.4, 0.5) is 4.39 Å². The smallest absolute Gasteiger partial charge is 0.189 e. The zero-order chi connectivity index (χ0) is 12.4. The molecular formula is C12H13BrFN3. The van der Waals surface area contributed by atoms with Crippen LogP contribution in [0.1, 0.15) is 25.2 Å². The van der Waals surface area contributed by atoms with Gasteiger partial charge in [0.05, 0.1) is 5.69 Å². The summed E-state index contributed by atoms with van der Waals surface area (Å²) in [6.45, 7) is 4.04. The number of rotatable bonds is 3. The zero-order valence-corrected chi connectivity index (χ0v) is 11.3. The van der Waals surface area contributed by atoms with Gasteiger partial charge in [-0.1, -0.05) is 13.8 Å². The van der Waals surface area contributed by atoms with Gasteiger partial charge in [-0.05, 0) is 40.9 Å². The van der Waals surface area contributed by atoms with Crippen LogP contribution < -0.4 is 0 Å². The molecule has 0 aliphatic heterocycles. The van der Waals surface area contributed by atoms with Crippen LogP contribution in [-0.2, 0) is 12.8 Å². The summed E-state index contributed by atoms with van der Waals surface area (Å²) in [7, 11) is 0. The van der Waals surface area contributed by atoms with E-state index in [0.29, 0.717) is 4.47 Å². The summed E-state index contributed by atoms with van der Waals surface area (Å²) in [4.78, 5) is 4.08. The van der Waals surface area contributed by atoms with E-state index in [9.17, 15) is 4.39 Å². The average molecular weight is 298 g/mol. The summed E-state index contributed by atoms with van der Waals surface area (Å²) < 4.78 is 16.0. The summed E-state index contributed by atoms with van der Waals surface area (Å²) in [6.07, 6.45) is 3.20. The molecule has 0 atom stereocenters. The van der Waals surface area contributed by atoms with Crippen molar-refractivity contribution in [3.05, 3.63) is 40.0 Å². The molecule has 5 heteroatoms. The lowest BCUT2D eigenvalue weighted by atomic mass is 10.2. The molecule has 0 amide bonds. The van der Waals surface area contributed by atoms with Crippen LogP contribution in [-0.4, -0.2) is 14.8 Å². The number of hydrogen-bond donors (Lipinski definition) is 0. The van der Waals surface area contributed by atoms with E-state index < -0.39 is 0 Å². The van der Waals surface area contributed by atoms with Gasteiger partial charge in [0, 0.05) is 16.4 Å². The fourth-order valence-corrected chi connectivity index (χ4v) is 1.95. The number of aryl methyl sites for hydroxylation is 2. The molecule has 3 nitrogen and oxygen atoms in total. The molecule has 0 aromatic carbocycles. The normalized spacial score (nSPS) is 10.8. The highest BCUT2D eigenvalue weighted by Crippen LogP contribution is 2.18. The summed E-state index contributed by atoms with van der Waals surface area (Å²) >= 11 is 3.19. The average Bonchev–Trinajstić information content (AvgIpc) is 2.72. The van der Waals surface area contributed by atoms with Crippen molar-refractivity contribution in [1.29, 1.82) is 0 Å². The molecular weight excluding hydrogens is 285 g/mol. The van der Waals surface area contributed by atoms with Gasteiger partial charge in [0.1, 0.15) is 0 Å². The van der Waals surface area contributed by atoms with Crippen LogP contribution in [0, 0.1) is 5.82 Å². The van der Waals surface area contributed by atoms with Crippen molar-refractivity contribution < 1.29 is 4.39 Å². The molecule has 0 aliphatic carbocycles. The first-order valence-electron chi connectivity index (χ1n) is 5.55. The molecule has 0 saturated heterocycles. The molecule has 2 rings (SSSR count). The maximum atomic E-state index is 13.8. The first-order chi connectivity index (χ1) is 8.15. The lowest BCUT2D eigenvalue weighted by Crippen LogP contribution is -2.06. The largest absolute Gasteiger partial charge is 0.233 e. The Balaban J connectivity index is 2.55. The van der Waals surface area contributed by atoms with E-state index in [0.717, 1.165) is 24.2 Å². The number of hydrogen-bond acceptors (Lipinski definition) is 2. The molecule has 0 unspecified atom stereocenters. The predicted molar refractivity (Wildman–Crippen MR) is 67.8 cm³/mol. The topological polar surface area (TPSA) is 30.7 Å². The van der Waals surface area contributed by atoms with E-state index in [-0.39, 0.29) is 11.6 Å². The minimum atomic E-state index is -0.375. The minimum absolute atomic E-state index is 0.254. The maximum Gasteiger partial charge on any atom is 0.189 e. The van der Waals surface area contributed by atoms with Gasteiger partial charge in [0.2, 0.25) is 0 Å². The number of pyridine rings is 1. The lowest BCUT2D eigenvalue weighted by molar-refractivity contribution is 0.593. The Morgan fingerprint density at radius 2 is 2.06 bits per heavy atom. The third kappa shape index (κ3) is 2.39. The Morgan fingerprint density at radius 1 is 1.29 bits per heavy atom. The van der Waals surface area contributed by atoms with Gasteiger partial charge < -0.3 is 0 Å². The molecule has 0 bridgehead atoms. The number of halogens is 2. The zero-order valence-electron chi connectivity index (χ0n) is 9.74. The third-order valence-corrected chi connectivity index (χ3v) is 2.98. The Kier molecular flexibility index (Phi) is 3.57. The molecule has 2 aromatic heterocycles. The first-order valence-corrected chi connectivity index (χ1v) is 6.34. The van der Waals surface area contributed by atoms with Crippen LogP contribution in [0.5, 0.6) is 0 Å². The fourth-order valence-electron chi connectivity index (χ4n) is 1.65. The number of nitrogens with zero attached hydrogens (tertiary/aromatic N) is 3. The van der Waals surface area contributed by atoms with Gasteiger partial charge >= 0.3 is 0 Å². The van der Waals surface area contributed by atoms with E-state index in [1.165, 1.54) is 6.07 Å². The Hall–Kier alpha value is -1.23. The van der Waals surface area contributed by atoms with Crippen LogP contribution in [0.3, 0.4) is 0 Å². The number of aromatic nitrogens is 3. The Labute approximate surface area is 108 Å². The first kappa shape index (κ1) is 12.2. The fraction of sp³-hybridized carbons (Fsp3) is 0.333. The second-order valence-corrected chi connectivity index (χ2v) is 4.62. The molecule has 0 spiro atoms. The van der Waals surface area contributed by atoms with E-state index in [1.54, 1.807) is 10.9 Å². The van der Waals surface area contributed by atoms with Crippen LogP contribution in [0.15, 0.2) is 22.8 Å². The van der Waals surface area contributed by atoms with Crippen molar-refractivity contribution in [2.75, 3.05) is 0 Å². The van der Waals surface area contributed by atoms with Crippen LogP contribution in [0.2, 0.25) is 0 Å². The highest BCUT2D eigenvalue weighted by Gasteiger charge is 2.12. The van der Waals surface area contributed by atoms with Crippen LogP contribution >= 0.6 is 15.9 Å². The van der Waals surface area contributed by atoms with Crippen molar-refractivity contribution in [2.45, 2.75) is 26.7 Å². The summed E-state index contributed by atoms with van der Waals surface area (Å²) in [5.41, 5.74) is 1.92. The van der Waals surface area contributed by atoms with Gasteiger partial charge in [-0.2, -0.15) is 5.10 Å². The van der Waals surface area contributed by atoms with Gasteiger partial charge in [0.25, 0.3) is 0 Å². The third-order valence-electron chi connectivity index (χ3n) is 2.55. The van der Waals surface area contributed by atoms with Crippen molar-refractivity contribution in [2.24, 2.45) is 0 Å². The van der Waals surface area contributed by atoms with E-state index in [2.05, 4.69) is 26.0 Å². The molecule has 2 heterocycles. The predicted octanol–water partition coefficient (Wildman–Crippen LogP) is 3.29. The summed E-state index contributed by atoms with van der Waals surface area (Å²) in [5, 5.41) is 4.36. The highest BCUT2D eigenvalue weighted by atomic mass is 79.9. The molecule has 17 heavy (non-hydrogen) atoms. The highest BCUT2D eigenvalue weighted by molar-refractivity contribution is 9.10. The van der Waals surface area contributed by atoms with Gasteiger partial charge in [-0.25, -0.2) is 14.1 Å². The van der Waals surface area contributed by atoms with Gasteiger partial charge in [-0.15, -0.1) is 0 Å². The van der Waals surface area contributed by atoms with Crippen molar-refractivity contribution in [3.8, 4) is 5.82 Å². The van der Waals surface area contributed by atoms with E-state index in [4.69, 9.17) is 0 Å². The SMILES string of the molecule is CCc1cc(CC)n(-c2ncc(Br)cc2F)n1. The molecule has 0 saturated carbocycles. The minimum Gasteiger partial charge on any atom is -0.233 e. The monoisotopic (exact) mass is 297 g/mol. The second kappa shape index (κ2) is 4.96. The Bertz CT molecular complexity index is 537. The van der Waals surface area contributed by atoms with E-state index in [1.807, 2.05) is 19.9 Å².